The van der Waals surface area contributed by atoms with Gasteiger partial charge in [-0.25, -0.2) is 9.78 Å². The number of carbonyl (C=O) groups excluding carboxylic acids is 2. The molecule has 0 aromatic carbocycles. The number of aryl methyl sites for hydroxylation is 1. The van der Waals surface area contributed by atoms with Crippen LogP contribution in [0.2, 0.25) is 0 Å². The van der Waals surface area contributed by atoms with Gasteiger partial charge in [-0.1, -0.05) is 0 Å². The van der Waals surface area contributed by atoms with Crippen LogP contribution in [0, 0.1) is 6.92 Å². The Morgan fingerprint density at radius 2 is 2.55 bits per heavy atom. The average Bonchev–Trinajstić information content (AvgIpc) is 2.36. The summed E-state index contributed by atoms with van der Waals surface area (Å²) in [4.78, 5) is 27.2. The minimum absolute atomic E-state index is 0.204. The van der Waals surface area contributed by atoms with E-state index in [-0.39, 0.29) is 5.69 Å². The van der Waals surface area contributed by atoms with Crippen molar-refractivity contribution in [3.8, 4) is 0 Å². The smallest absolute Gasteiger partial charge is 0.264 e. The molecule has 0 fully saturated rings. The Kier molecular flexibility index (Phi) is 2.25. The molecular weight excluding hydrogens is 164 g/mol. The zero-order chi connectivity index (χ0) is 8.27. The fourth-order valence-corrected chi connectivity index (χ4v) is 1.15. The normalized spacial score (nSPS) is 8.82. The third-order valence-electron chi connectivity index (χ3n) is 0.985. The van der Waals surface area contributed by atoms with Crippen LogP contribution in [0.1, 0.15) is 15.5 Å². The summed E-state index contributed by atoms with van der Waals surface area (Å²) < 4.78 is 0. The maximum Gasteiger partial charge on any atom is 0.307 e. The highest BCUT2D eigenvalue weighted by molar-refractivity contribution is 7.09. The summed E-state index contributed by atoms with van der Waals surface area (Å²) in [6.07, 6.45) is 1.17. The summed E-state index contributed by atoms with van der Waals surface area (Å²) in [5.74, 6) is -0.635. The van der Waals surface area contributed by atoms with Gasteiger partial charge < -0.3 is 0 Å². The fraction of sp³-hybridized carbons (Fsp3) is 0.167. The van der Waals surface area contributed by atoms with Gasteiger partial charge in [-0.15, -0.1) is 16.3 Å². The second-order valence-electron chi connectivity index (χ2n) is 1.76. The molecule has 0 aliphatic carbocycles. The van der Waals surface area contributed by atoms with Crippen molar-refractivity contribution >= 4 is 23.3 Å². The summed E-state index contributed by atoms with van der Waals surface area (Å²) in [5.41, 5.74) is 0.204. The van der Waals surface area contributed by atoms with Crippen molar-refractivity contribution in [3.05, 3.63) is 16.1 Å². The molecule has 1 rings (SSSR count). The van der Waals surface area contributed by atoms with Crippen molar-refractivity contribution in [1.29, 1.82) is 0 Å². The average molecular weight is 168 g/mol. The van der Waals surface area contributed by atoms with Crippen molar-refractivity contribution < 1.29 is 9.59 Å². The highest BCUT2D eigenvalue weighted by atomic mass is 32.1. The molecule has 0 saturated heterocycles. The van der Waals surface area contributed by atoms with E-state index in [9.17, 15) is 9.59 Å². The number of hydrogen-bond donors (Lipinski definition) is 0. The van der Waals surface area contributed by atoms with Gasteiger partial charge in [0.05, 0.1) is 5.01 Å². The van der Waals surface area contributed by atoms with Crippen LogP contribution in [-0.4, -0.2) is 17.0 Å². The number of aromatic nitrogens is 1. The van der Waals surface area contributed by atoms with Gasteiger partial charge in [0.15, 0.2) is 0 Å². The van der Waals surface area contributed by atoms with Gasteiger partial charge in [0.2, 0.25) is 6.08 Å². The van der Waals surface area contributed by atoms with Crippen LogP contribution in [0.4, 0.5) is 0 Å². The second-order valence-corrected chi connectivity index (χ2v) is 2.82. The molecule has 1 amide bonds. The Morgan fingerprint density at radius 3 is 3.00 bits per heavy atom. The topological polar surface area (TPSA) is 59.4 Å². The maximum absolute atomic E-state index is 10.8. The first-order chi connectivity index (χ1) is 5.24. The van der Waals surface area contributed by atoms with Crippen molar-refractivity contribution in [2.24, 2.45) is 4.99 Å². The van der Waals surface area contributed by atoms with E-state index in [1.165, 1.54) is 17.4 Å². The first-order valence-corrected chi connectivity index (χ1v) is 3.66. The fourth-order valence-electron chi connectivity index (χ4n) is 0.560. The predicted octanol–water partition coefficient (Wildman–Crippen LogP) is 0.928. The van der Waals surface area contributed by atoms with Crippen LogP contribution >= 0.6 is 11.3 Å². The number of isocyanates is 1. The third-order valence-corrected chi connectivity index (χ3v) is 1.76. The summed E-state index contributed by atoms with van der Waals surface area (Å²) in [6, 6.07) is 0. The van der Waals surface area contributed by atoms with Gasteiger partial charge in [0.25, 0.3) is 0 Å². The predicted molar refractivity (Wildman–Crippen MR) is 39.3 cm³/mol. The number of carbonyl (C=O) groups is 1. The van der Waals surface area contributed by atoms with E-state index in [1.54, 1.807) is 12.3 Å². The minimum Gasteiger partial charge on any atom is -0.264 e. The molecule has 1 aromatic heterocycles. The zero-order valence-corrected chi connectivity index (χ0v) is 6.51. The van der Waals surface area contributed by atoms with Gasteiger partial charge in [-0.2, -0.15) is 0 Å². The Bertz CT molecular complexity index is 325. The van der Waals surface area contributed by atoms with Crippen LogP contribution in [-0.2, 0) is 4.79 Å². The monoisotopic (exact) mass is 168 g/mol. The first-order valence-electron chi connectivity index (χ1n) is 2.78. The van der Waals surface area contributed by atoms with Crippen molar-refractivity contribution in [1.82, 2.24) is 4.98 Å². The Balaban J connectivity index is 2.93. The molecule has 56 valence electrons. The van der Waals surface area contributed by atoms with Crippen molar-refractivity contribution in [2.75, 3.05) is 0 Å². The largest absolute Gasteiger partial charge is 0.307 e. The van der Waals surface area contributed by atoms with Gasteiger partial charge in [0.1, 0.15) is 5.69 Å². The molecule has 11 heavy (non-hydrogen) atoms. The molecule has 1 aromatic rings. The number of rotatable bonds is 1. The zero-order valence-electron chi connectivity index (χ0n) is 5.70. The van der Waals surface area contributed by atoms with Crippen LogP contribution < -0.4 is 0 Å². The highest BCUT2D eigenvalue weighted by Crippen LogP contribution is 2.08. The van der Waals surface area contributed by atoms with E-state index in [2.05, 4.69) is 9.98 Å². The molecule has 0 bridgehead atoms. The Morgan fingerprint density at radius 1 is 1.82 bits per heavy atom. The summed E-state index contributed by atoms with van der Waals surface area (Å²) >= 11 is 1.34. The Hall–Kier alpha value is -1.32. The lowest BCUT2D eigenvalue weighted by molar-refractivity contribution is 0.0998. The van der Waals surface area contributed by atoms with Gasteiger partial charge in [0, 0.05) is 5.38 Å². The molecule has 0 unspecified atom stereocenters. The van der Waals surface area contributed by atoms with Crippen LogP contribution in [0.5, 0.6) is 0 Å². The molecule has 5 heteroatoms. The quantitative estimate of drug-likeness (QED) is 0.463. The van der Waals surface area contributed by atoms with Gasteiger partial charge in [-0.3, -0.25) is 4.79 Å². The molecule has 1 heterocycles. The maximum atomic E-state index is 10.8. The summed E-state index contributed by atoms with van der Waals surface area (Å²) in [7, 11) is 0. The number of nitrogens with zero attached hydrogens (tertiary/aromatic N) is 2. The third kappa shape index (κ3) is 1.80. The number of aliphatic imine (C=N–C) groups is 1. The van der Waals surface area contributed by atoms with Gasteiger partial charge >= 0.3 is 5.91 Å². The molecular formula is C6H4N2O2S. The highest BCUT2D eigenvalue weighted by Gasteiger charge is 2.06. The molecule has 0 aliphatic rings. The lowest BCUT2D eigenvalue weighted by Crippen LogP contribution is -1.93. The van der Waals surface area contributed by atoms with E-state index in [1.807, 2.05) is 0 Å². The lowest BCUT2D eigenvalue weighted by atomic mass is 10.5. The van der Waals surface area contributed by atoms with Crippen LogP contribution in [0.25, 0.3) is 0 Å². The van der Waals surface area contributed by atoms with E-state index >= 15 is 0 Å². The molecule has 0 radical (unpaired) electrons. The van der Waals surface area contributed by atoms with Gasteiger partial charge in [-0.05, 0) is 6.92 Å². The summed E-state index contributed by atoms with van der Waals surface area (Å²) in [5, 5.41) is 2.33. The van der Waals surface area contributed by atoms with Crippen molar-refractivity contribution in [2.45, 2.75) is 6.92 Å². The number of amides is 1. The molecule has 0 saturated carbocycles. The van der Waals surface area contributed by atoms with Crippen molar-refractivity contribution in [3.63, 3.8) is 0 Å². The van der Waals surface area contributed by atoms with E-state index in [0.717, 1.165) is 5.01 Å². The molecule has 0 aliphatic heterocycles. The van der Waals surface area contributed by atoms with Crippen LogP contribution in [0.15, 0.2) is 10.4 Å². The Labute approximate surface area is 66.6 Å². The number of hydrogen-bond acceptors (Lipinski definition) is 4. The lowest BCUT2D eigenvalue weighted by Gasteiger charge is -1.80. The standard InChI is InChI=1S/C6H4N2O2S/c1-4-8-5(2-11-4)6(10)7-3-9/h2H,1H3. The summed E-state index contributed by atoms with van der Waals surface area (Å²) in [6.45, 7) is 1.77. The molecule has 0 atom stereocenters. The molecule has 4 nitrogen and oxygen atoms in total. The molecule has 0 N–H and O–H groups in total. The van der Waals surface area contributed by atoms with E-state index in [4.69, 9.17) is 0 Å². The second kappa shape index (κ2) is 3.18. The first kappa shape index (κ1) is 7.78. The van der Waals surface area contributed by atoms with Crippen LogP contribution in [0.3, 0.4) is 0 Å². The number of thiazole rings is 1. The molecule has 0 spiro atoms. The minimum atomic E-state index is -0.635. The SMILES string of the molecule is Cc1nc(C(=O)N=C=O)cs1. The van der Waals surface area contributed by atoms with E-state index in [0.29, 0.717) is 0 Å². The van der Waals surface area contributed by atoms with E-state index < -0.39 is 5.91 Å².